The quantitative estimate of drug-likeness (QED) is 0.856. The van der Waals surface area contributed by atoms with Crippen LogP contribution >= 0.6 is 35.0 Å². The van der Waals surface area contributed by atoms with Gasteiger partial charge in [0, 0.05) is 10.8 Å². The van der Waals surface area contributed by atoms with Crippen LogP contribution in [-0.4, -0.2) is 4.98 Å². The Kier molecular flexibility index (Phi) is 4.15. The Bertz CT molecular complexity index is 532. The molecule has 2 rings (SSSR count). The standard InChI is InChI=1S/C12H10Cl2N2S/c13-10-4-2-1-3-8(10)7-17-12-11(14)5-9(15)6-16-12/h1-6H,7,15H2. The molecule has 0 fully saturated rings. The molecule has 0 radical (unpaired) electrons. The maximum absolute atomic E-state index is 6.07. The second kappa shape index (κ2) is 5.63. The highest BCUT2D eigenvalue weighted by Gasteiger charge is 2.05. The number of hydrogen-bond donors (Lipinski definition) is 1. The topological polar surface area (TPSA) is 38.9 Å². The number of hydrogen-bond acceptors (Lipinski definition) is 3. The number of anilines is 1. The molecule has 0 atom stereocenters. The highest BCUT2D eigenvalue weighted by atomic mass is 35.5. The maximum Gasteiger partial charge on any atom is 0.115 e. The van der Waals surface area contributed by atoms with Crippen molar-refractivity contribution in [3.05, 3.63) is 52.1 Å². The first-order chi connectivity index (χ1) is 8.16. The SMILES string of the molecule is Nc1cnc(SCc2ccccc2Cl)c(Cl)c1. The minimum Gasteiger partial charge on any atom is -0.397 e. The smallest absolute Gasteiger partial charge is 0.115 e. The first-order valence-corrected chi connectivity index (χ1v) is 6.68. The summed E-state index contributed by atoms with van der Waals surface area (Å²) < 4.78 is 0. The van der Waals surface area contributed by atoms with Crippen molar-refractivity contribution in [1.29, 1.82) is 0 Å². The molecule has 0 saturated heterocycles. The predicted octanol–water partition coefficient (Wildman–Crippen LogP) is 4.26. The number of benzene rings is 1. The lowest BCUT2D eigenvalue weighted by molar-refractivity contribution is 1.13. The Hall–Kier alpha value is -0.900. The summed E-state index contributed by atoms with van der Waals surface area (Å²) in [4.78, 5) is 4.19. The van der Waals surface area contributed by atoms with Gasteiger partial charge < -0.3 is 5.73 Å². The summed E-state index contributed by atoms with van der Waals surface area (Å²) in [5, 5.41) is 2.09. The van der Waals surface area contributed by atoms with Crippen molar-refractivity contribution < 1.29 is 0 Å². The summed E-state index contributed by atoms with van der Waals surface area (Å²) >= 11 is 13.6. The molecule has 88 valence electrons. The van der Waals surface area contributed by atoms with E-state index in [1.54, 1.807) is 12.3 Å². The number of aromatic nitrogens is 1. The second-order valence-electron chi connectivity index (χ2n) is 3.44. The Labute approximate surface area is 114 Å². The molecular weight excluding hydrogens is 275 g/mol. The highest BCUT2D eigenvalue weighted by Crippen LogP contribution is 2.30. The van der Waals surface area contributed by atoms with Crippen molar-refractivity contribution in [1.82, 2.24) is 4.98 Å². The first-order valence-electron chi connectivity index (χ1n) is 4.94. The van der Waals surface area contributed by atoms with Crippen LogP contribution in [0.25, 0.3) is 0 Å². The third-order valence-corrected chi connectivity index (χ3v) is 3.97. The zero-order valence-electron chi connectivity index (χ0n) is 8.86. The normalized spacial score (nSPS) is 10.5. The molecule has 1 aromatic carbocycles. The van der Waals surface area contributed by atoms with Crippen molar-refractivity contribution in [3.63, 3.8) is 0 Å². The Morgan fingerprint density at radius 1 is 1.18 bits per heavy atom. The van der Waals surface area contributed by atoms with E-state index in [0.29, 0.717) is 10.7 Å². The molecule has 0 aliphatic heterocycles. The zero-order chi connectivity index (χ0) is 12.3. The van der Waals surface area contributed by atoms with E-state index in [0.717, 1.165) is 21.4 Å². The Morgan fingerprint density at radius 2 is 1.94 bits per heavy atom. The number of thioether (sulfide) groups is 1. The minimum absolute atomic E-state index is 0.567. The van der Waals surface area contributed by atoms with Crippen molar-refractivity contribution in [2.24, 2.45) is 0 Å². The lowest BCUT2D eigenvalue weighted by atomic mass is 10.2. The van der Waals surface area contributed by atoms with E-state index in [-0.39, 0.29) is 0 Å². The number of rotatable bonds is 3. The summed E-state index contributed by atoms with van der Waals surface area (Å²) in [5.41, 5.74) is 7.21. The lowest BCUT2D eigenvalue weighted by Gasteiger charge is -2.05. The summed E-state index contributed by atoms with van der Waals surface area (Å²) in [5.74, 6) is 0.732. The lowest BCUT2D eigenvalue weighted by Crippen LogP contribution is -1.89. The minimum atomic E-state index is 0.567. The number of nitrogens with two attached hydrogens (primary N) is 1. The van der Waals surface area contributed by atoms with Crippen LogP contribution in [0.2, 0.25) is 10.0 Å². The zero-order valence-corrected chi connectivity index (χ0v) is 11.2. The molecule has 0 bridgehead atoms. The molecule has 0 aliphatic rings. The molecule has 0 amide bonds. The molecule has 2 aromatic rings. The van der Waals surface area contributed by atoms with Crippen LogP contribution in [0, 0.1) is 0 Å². The predicted molar refractivity (Wildman–Crippen MR) is 74.7 cm³/mol. The van der Waals surface area contributed by atoms with Gasteiger partial charge in [0.1, 0.15) is 5.03 Å². The number of nitrogens with zero attached hydrogens (tertiary/aromatic N) is 1. The molecule has 1 heterocycles. The van der Waals surface area contributed by atoms with Crippen molar-refractivity contribution in [3.8, 4) is 0 Å². The van der Waals surface area contributed by atoms with Crippen molar-refractivity contribution in [2.45, 2.75) is 10.8 Å². The van der Waals surface area contributed by atoms with E-state index in [2.05, 4.69) is 4.98 Å². The van der Waals surface area contributed by atoms with E-state index < -0.39 is 0 Å². The van der Waals surface area contributed by atoms with E-state index in [9.17, 15) is 0 Å². The van der Waals surface area contributed by atoms with Gasteiger partial charge >= 0.3 is 0 Å². The van der Waals surface area contributed by atoms with E-state index >= 15 is 0 Å². The molecule has 17 heavy (non-hydrogen) atoms. The van der Waals surface area contributed by atoms with Gasteiger partial charge in [-0.3, -0.25) is 0 Å². The van der Waals surface area contributed by atoms with E-state index in [1.165, 1.54) is 11.8 Å². The molecule has 0 saturated carbocycles. The molecule has 2 nitrogen and oxygen atoms in total. The van der Waals surface area contributed by atoms with E-state index in [4.69, 9.17) is 28.9 Å². The largest absolute Gasteiger partial charge is 0.397 e. The third kappa shape index (κ3) is 3.28. The fraction of sp³-hybridized carbons (Fsp3) is 0.0833. The van der Waals surface area contributed by atoms with Gasteiger partial charge in [-0.05, 0) is 17.7 Å². The van der Waals surface area contributed by atoms with Crippen LogP contribution in [0.3, 0.4) is 0 Å². The maximum atomic E-state index is 6.07. The van der Waals surface area contributed by atoms with Gasteiger partial charge in [-0.25, -0.2) is 4.98 Å². The molecule has 0 aliphatic carbocycles. The van der Waals surface area contributed by atoms with Crippen LogP contribution in [0.5, 0.6) is 0 Å². The van der Waals surface area contributed by atoms with Crippen LogP contribution in [-0.2, 0) is 5.75 Å². The number of halogens is 2. The van der Waals surface area contributed by atoms with Gasteiger partial charge in [0.15, 0.2) is 0 Å². The first kappa shape index (κ1) is 12.6. The van der Waals surface area contributed by atoms with Gasteiger partial charge in [-0.2, -0.15) is 0 Å². The summed E-state index contributed by atoms with van der Waals surface area (Å²) in [7, 11) is 0. The average Bonchev–Trinajstić information content (AvgIpc) is 2.30. The molecule has 5 heteroatoms. The van der Waals surface area contributed by atoms with Crippen LogP contribution in [0.4, 0.5) is 5.69 Å². The summed E-state index contributed by atoms with van der Waals surface area (Å²) in [6.45, 7) is 0. The van der Waals surface area contributed by atoms with Crippen LogP contribution in [0.1, 0.15) is 5.56 Å². The number of pyridine rings is 1. The molecule has 0 spiro atoms. The van der Waals surface area contributed by atoms with Gasteiger partial charge in [0.2, 0.25) is 0 Å². The van der Waals surface area contributed by atoms with Crippen LogP contribution in [0.15, 0.2) is 41.6 Å². The fourth-order valence-corrected chi connectivity index (χ4v) is 2.80. The Morgan fingerprint density at radius 3 is 2.65 bits per heavy atom. The second-order valence-corrected chi connectivity index (χ2v) is 5.21. The van der Waals surface area contributed by atoms with E-state index in [1.807, 2.05) is 24.3 Å². The summed E-state index contributed by atoms with van der Waals surface area (Å²) in [6.07, 6.45) is 1.60. The van der Waals surface area contributed by atoms with Crippen molar-refractivity contribution >= 4 is 40.7 Å². The summed E-state index contributed by atoms with van der Waals surface area (Å²) in [6, 6.07) is 9.42. The molecular formula is C12H10Cl2N2S. The monoisotopic (exact) mass is 284 g/mol. The highest BCUT2D eigenvalue weighted by molar-refractivity contribution is 7.98. The fourth-order valence-electron chi connectivity index (χ4n) is 1.31. The van der Waals surface area contributed by atoms with Gasteiger partial charge in [0.05, 0.1) is 16.9 Å². The van der Waals surface area contributed by atoms with Crippen molar-refractivity contribution in [2.75, 3.05) is 5.73 Å². The van der Waals surface area contributed by atoms with Gasteiger partial charge in [-0.15, -0.1) is 11.8 Å². The third-order valence-electron chi connectivity index (χ3n) is 2.15. The van der Waals surface area contributed by atoms with Crippen LogP contribution < -0.4 is 5.73 Å². The molecule has 0 unspecified atom stereocenters. The van der Waals surface area contributed by atoms with Gasteiger partial charge in [0.25, 0.3) is 0 Å². The Balaban J connectivity index is 2.10. The number of nitrogen functional groups attached to an aromatic ring is 1. The molecule has 2 N–H and O–H groups in total. The van der Waals surface area contributed by atoms with Gasteiger partial charge in [-0.1, -0.05) is 41.4 Å². The average molecular weight is 285 g/mol. The molecule has 1 aromatic heterocycles.